The third-order valence-corrected chi connectivity index (χ3v) is 3.39. The minimum absolute atomic E-state index is 0.606. The number of nitrogens with one attached hydrogen (secondary N) is 1. The van der Waals surface area contributed by atoms with Crippen molar-refractivity contribution in [2.24, 2.45) is 0 Å². The molecule has 1 unspecified atom stereocenters. The summed E-state index contributed by atoms with van der Waals surface area (Å²) >= 11 is 0. The van der Waals surface area contributed by atoms with Gasteiger partial charge in [0.05, 0.1) is 0 Å². The first-order valence-corrected chi connectivity index (χ1v) is 5.98. The Morgan fingerprint density at radius 1 is 1.47 bits per heavy atom. The second-order valence-electron chi connectivity index (χ2n) is 4.73. The molecule has 1 atom stereocenters. The Morgan fingerprint density at radius 2 is 2.35 bits per heavy atom. The smallest absolute Gasteiger partial charge is 0.192 e. The van der Waals surface area contributed by atoms with Crippen molar-refractivity contribution in [3.8, 4) is 0 Å². The van der Waals surface area contributed by atoms with Crippen LogP contribution in [-0.2, 0) is 5.60 Å². The second-order valence-corrected chi connectivity index (χ2v) is 4.73. The highest BCUT2D eigenvalue weighted by Gasteiger charge is 2.31. The zero-order chi connectivity index (χ0) is 11.9. The molecule has 2 heterocycles. The Kier molecular flexibility index (Phi) is 2.42. The van der Waals surface area contributed by atoms with E-state index in [0.29, 0.717) is 12.4 Å². The van der Waals surface area contributed by atoms with Gasteiger partial charge in [-0.25, -0.2) is 4.98 Å². The number of nitrogens with zero attached hydrogens (tertiary/aromatic N) is 1. The Bertz CT molecular complexity index is 541. The summed E-state index contributed by atoms with van der Waals surface area (Å²) in [6.45, 7) is 3.42. The van der Waals surface area contributed by atoms with Crippen LogP contribution in [0.5, 0.6) is 0 Å². The van der Waals surface area contributed by atoms with Crippen molar-refractivity contribution in [2.45, 2.75) is 25.4 Å². The van der Waals surface area contributed by atoms with Crippen molar-refractivity contribution in [1.82, 2.24) is 10.3 Å². The number of hydrogen-bond acceptors (Lipinski definition) is 4. The summed E-state index contributed by atoms with van der Waals surface area (Å²) in [5.41, 5.74) is 1.75. The topological polar surface area (TPSA) is 58.3 Å². The molecule has 2 N–H and O–H groups in total. The monoisotopic (exact) mass is 232 g/mol. The number of hydrogen-bond donors (Lipinski definition) is 2. The first kappa shape index (κ1) is 10.7. The van der Waals surface area contributed by atoms with E-state index < -0.39 is 5.60 Å². The van der Waals surface area contributed by atoms with E-state index in [2.05, 4.69) is 10.3 Å². The van der Waals surface area contributed by atoms with E-state index in [4.69, 9.17) is 4.42 Å². The molecule has 17 heavy (non-hydrogen) atoms. The van der Waals surface area contributed by atoms with Gasteiger partial charge in [-0.05, 0) is 37.1 Å². The number of fused-ring (bicyclic) bond motifs is 1. The molecule has 0 aliphatic carbocycles. The molecule has 2 aromatic rings. The van der Waals surface area contributed by atoms with Crippen LogP contribution in [0.1, 0.15) is 24.3 Å². The molecule has 0 bridgehead atoms. The maximum Gasteiger partial charge on any atom is 0.192 e. The van der Waals surface area contributed by atoms with Crippen LogP contribution in [0.15, 0.2) is 22.6 Å². The number of piperidine rings is 1. The molecule has 1 saturated heterocycles. The van der Waals surface area contributed by atoms with E-state index in [1.807, 2.05) is 25.1 Å². The van der Waals surface area contributed by atoms with Crippen LogP contribution >= 0.6 is 0 Å². The Balaban J connectivity index is 2.04. The van der Waals surface area contributed by atoms with Gasteiger partial charge in [-0.1, -0.05) is 6.07 Å². The molecular weight excluding hydrogens is 216 g/mol. The largest absolute Gasteiger partial charge is 0.441 e. The van der Waals surface area contributed by atoms with Crippen molar-refractivity contribution in [2.75, 3.05) is 13.1 Å². The highest BCUT2D eigenvalue weighted by molar-refractivity contribution is 5.73. The van der Waals surface area contributed by atoms with E-state index in [-0.39, 0.29) is 0 Å². The van der Waals surface area contributed by atoms with E-state index in [9.17, 15) is 5.11 Å². The highest BCUT2D eigenvalue weighted by Crippen LogP contribution is 2.30. The lowest BCUT2D eigenvalue weighted by atomic mass is 9.86. The first-order chi connectivity index (χ1) is 8.17. The number of rotatable bonds is 1. The van der Waals surface area contributed by atoms with Gasteiger partial charge in [0, 0.05) is 13.5 Å². The molecule has 3 rings (SSSR count). The SMILES string of the molecule is Cc1nc2cc(C3(O)CCCNC3)ccc2o1. The molecule has 0 saturated carbocycles. The fraction of sp³-hybridized carbons (Fsp3) is 0.462. The average Bonchev–Trinajstić information content (AvgIpc) is 2.69. The van der Waals surface area contributed by atoms with Crippen LogP contribution in [0.4, 0.5) is 0 Å². The molecule has 1 aromatic carbocycles. The second kappa shape index (κ2) is 3.82. The van der Waals surface area contributed by atoms with E-state index >= 15 is 0 Å². The van der Waals surface area contributed by atoms with Crippen LogP contribution < -0.4 is 5.32 Å². The maximum atomic E-state index is 10.6. The van der Waals surface area contributed by atoms with Gasteiger partial charge in [0.15, 0.2) is 11.5 Å². The number of aliphatic hydroxyl groups is 1. The van der Waals surface area contributed by atoms with Crippen molar-refractivity contribution >= 4 is 11.1 Å². The summed E-state index contributed by atoms with van der Waals surface area (Å²) in [6.07, 6.45) is 1.79. The van der Waals surface area contributed by atoms with E-state index in [0.717, 1.165) is 36.0 Å². The average molecular weight is 232 g/mol. The van der Waals surface area contributed by atoms with Gasteiger partial charge in [-0.2, -0.15) is 0 Å². The van der Waals surface area contributed by atoms with Crippen LogP contribution in [0.25, 0.3) is 11.1 Å². The summed E-state index contributed by atoms with van der Waals surface area (Å²) in [6, 6.07) is 5.75. The van der Waals surface area contributed by atoms with Gasteiger partial charge in [0.25, 0.3) is 0 Å². The quantitative estimate of drug-likeness (QED) is 0.785. The number of benzene rings is 1. The molecule has 1 aliphatic heterocycles. The van der Waals surface area contributed by atoms with E-state index in [1.165, 1.54) is 0 Å². The lowest BCUT2D eigenvalue weighted by Gasteiger charge is -2.33. The predicted molar refractivity (Wildman–Crippen MR) is 64.7 cm³/mol. The zero-order valence-electron chi connectivity index (χ0n) is 9.86. The van der Waals surface area contributed by atoms with Crippen molar-refractivity contribution < 1.29 is 9.52 Å². The minimum atomic E-state index is -0.765. The van der Waals surface area contributed by atoms with Crippen molar-refractivity contribution in [1.29, 1.82) is 0 Å². The molecule has 1 aliphatic rings. The Labute approximate surface area is 99.7 Å². The van der Waals surface area contributed by atoms with Crippen LogP contribution in [0.3, 0.4) is 0 Å². The molecule has 1 aromatic heterocycles. The van der Waals surface area contributed by atoms with Crippen molar-refractivity contribution in [3.63, 3.8) is 0 Å². The minimum Gasteiger partial charge on any atom is -0.441 e. The summed E-state index contributed by atoms with van der Waals surface area (Å²) in [4.78, 5) is 4.30. The molecule has 4 heteroatoms. The normalized spacial score (nSPS) is 25.3. The van der Waals surface area contributed by atoms with Crippen LogP contribution in [0, 0.1) is 6.92 Å². The van der Waals surface area contributed by atoms with Gasteiger partial charge in [0.1, 0.15) is 11.1 Å². The van der Waals surface area contributed by atoms with Gasteiger partial charge in [-0.15, -0.1) is 0 Å². The molecular formula is C13H16N2O2. The molecule has 4 nitrogen and oxygen atoms in total. The maximum absolute atomic E-state index is 10.6. The fourth-order valence-electron chi connectivity index (χ4n) is 2.47. The third-order valence-electron chi connectivity index (χ3n) is 3.39. The zero-order valence-corrected chi connectivity index (χ0v) is 9.86. The predicted octanol–water partition coefficient (Wildman–Crippen LogP) is 1.71. The van der Waals surface area contributed by atoms with Gasteiger partial charge in [0.2, 0.25) is 0 Å². The Morgan fingerprint density at radius 3 is 3.12 bits per heavy atom. The summed E-state index contributed by atoms with van der Waals surface area (Å²) in [7, 11) is 0. The fourth-order valence-corrected chi connectivity index (χ4v) is 2.47. The number of oxazole rings is 1. The number of aromatic nitrogens is 1. The van der Waals surface area contributed by atoms with Crippen LogP contribution in [-0.4, -0.2) is 23.2 Å². The lowest BCUT2D eigenvalue weighted by Crippen LogP contribution is -2.43. The number of aryl methyl sites for hydroxylation is 1. The van der Waals surface area contributed by atoms with Gasteiger partial charge < -0.3 is 14.8 Å². The first-order valence-electron chi connectivity index (χ1n) is 5.98. The number of β-amino-alcohol motifs (C(OH)–C–C–N with tert-alkyl or cyclic N) is 1. The summed E-state index contributed by atoms with van der Waals surface area (Å²) in [5.74, 6) is 0.658. The summed E-state index contributed by atoms with van der Waals surface area (Å²) in [5, 5.41) is 13.8. The van der Waals surface area contributed by atoms with E-state index in [1.54, 1.807) is 0 Å². The molecule has 0 radical (unpaired) electrons. The van der Waals surface area contributed by atoms with Crippen molar-refractivity contribution in [3.05, 3.63) is 29.7 Å². The van der Waals surface area contributed by atoms with Crippen LogP contribution in [0.2, 0.25) is 0 Å². The third kappa shape index (κ3) is 1.83. The molecule has 0 amide bonds. The molecule has 1 fully saturated rings. The van der Waals surface area contributed by atoms with Gasteiger partial charge in [-0.3, -0.25) is 0 Å². The standard InChI is InChI=1S/C13H16N2O2/c1-9-15-11-7-10(3-4-12(11)17-9)13(16)5-2-6-14-8-13/h3-4,7,14,16H,2,5-6,8H2,1H3. The Hall–Kier alpha value is -1.39. The highest BCUT2D eigenvalue weighted by atomic mass is 16.3. The summed E-state index contributed by atoms with van der Waals surface area (Å²) < 4.78 is 5.43. The molecule has 90 valence electrons. The lowest BCUT2D eigenvalue weighted by molar-refractivity contribution is 0.0124. The molecule has 0 spiro atoms. The van der Waals surface area contributed by atoms with Gasteiger partial charge >= 0.3 is 0 Å².